The average molecular weight is 511 g/mol. The Balaban J connectivity index is 2.24. The van der Waals surface area contributed by atoms with E-state index in [0.29, 0.717) is 36.4 Å². The van der Waals surface area contributed by atoms with E-state index in [1.165, 1.54) is 13.8 Å². The number of alkyl halides is 3. The number of anilines is 2. The first-order chi connectivity index (χ1) is 16.6. The quantitative estimate of drug-likeness (QED) is 0.294. The molecule has 196 valence electrons. The van der Waals surface area contributed by atoms with Gasteiger partial charge >= 0.3 is 6.18 Å². The minimum atomic E-state index is -5.02. The van der Waals surface area contributed by atoms with Gasteiger partial charge in [-0.05, 0) is 56.2 Å². The lowest BCUT2D eigenvalue weighted by Gasteiger charge is -2.38. The molecule has 1 unspecified atom stereocenters. The van der Waals surface area contributed by atoms with Crippen LogP contribution in [0.3, 0.4) is 0 Å². The van der Waals surface area contributed by atoms with Gasteiger partial charge < -0.3 is 20.5 Å². The zero-order chi connectivity index (χ0) is 27.3. The summed E-state index contributed by atoms with van der Waals surface area (Å²) < 4.78 is 45.9. The summed E-state index contributed by atoms with van der Waals surface area (Å²) in [7, 11) is 0. The van der Waals surface area contributed by atoms with Crippen LogP contribution in [0.1, 0.15) is 52.5 Å². The maximum absolute atomic E-state index is 13.3. The van der Waals surface area contributed by atoms with Crippen LogP contribution in [0.5, 0.6) is 5.75 Å². The molecule has 2 aromatic rings. The first-order valence-corrected chi connectivity index (χ1v) is 11.1. The number of benzene rings is 2. The van der Waals surface area contributed by atoms with Crippen molar-refractivity contribution in [3.63, 3.8) is 0 Å². The van der Waals surface area contributed by atoms with Crippen LogP contribution in [0.25, 0.3) is 0 Å². The van der Waals surface area contributed by atoms with Gasteiger partial charge in [-0.3, -0.25) is 19.7 Å². The molecule has 0 bridgehead atoms. The standard InChI is InChI=1S/C24H28F3N3O6/c1-5-23(6-2,36-18-10-7-16(8-11-18)28-15(3)31)14-22(4,33)21(32)29-17-9-12-20(30(34)35)19(13-17)24(25,26)27/h7-13,33H,5-6,14H2,1-4H3,(H,28,31)(H,29,32). The number of carbonyl (C=O) groups excluding carboxylic acids is 2. The van der Waals surface area contributed by atoms with Gasteiger partial charge in [-0.15, -0.1) is 0 Å². The normalized spacial score (nSPS) is 13.4. The Bertz CT molecular complexity index is 1110. The average Bonchev–Trinajstić information content (AvgIpc) is 2.78. The third-order valence-corrected chi connectivity index (χ3v) is 5.71. The van der Waals surface area contributed by atoms with Crippen LogP contribution in [-0.2, 0) is 15.8 Å². The molecule has 9 nitrogen and oxygen atoms in total. The van der Waals surface area contributed by atoms with Gasteiger partial charge in [-0.25, -0.2) is 0 Å². The van der Waals surface area contributed by atoms with E-state index < -0.39 is 39.5 Å². The summed E-state index contributed by atoms with van der Waals surface area (Å²) >= 11 is 0. The second kappa shape index (κ2) is 10.9. The van der Waals surface area contributed by atoms with Gasteiger partial charge in [0.2, 0.25) is 5.91 Å². The molecule has 2 rings (SSSR count). The third-order valence-electron chi connectivity index (χ3n) is 5.71. The molecule has 0 aliphatic carbocycles. The van der Waals surface area contributed by atoms with E-state index in [2.05, 4.69) is 10.6 Å². The van der Waals surface area contributed by atoms with Crippen LogP contribution in [-0.4, -0.2) is 33.0 Å². The van der Waals surface area contributed by atoms with Gasteiger partial charge in [0.05, 0.1) is 4.92 Å². The maximum atomic E-state index is 13.3. The first-order valence-electron chi connectivity index (χ1n) is 11.1. The highest BCUT2D eigenvalue weighted by Gasteiger charge is 2.43. The van der Waals surface area contributed by atoms with Crippen molar-refractivity contribution < 1.29 is 37.5 Å². The molecule has 3 N–H and O–H groups in total. The van der Waals surface area contributed by atoms with Crippen molar-refractivity contribution in [3.8, 4) is 5.75 Å². The molecule has 0 saturated heterocycles. The topological polar surface area (TPSA) is 131 Å². The Morgan fingerprint density at radius 3 is 2.06 bits per heavy atom. The molecule has 0 fully saturated rings. The molecule has 0 saturated carbocycles. The molecule has 0 heterocycles. The number of hydrogen-bond donors (Lipinski definition) is 3. The van der Waals surface area contributed by atoms with Crippen LogP contribution >= 0.6 is 0 Å². The van der Waals surface area contributed by atoms with Crippen molar-refractivity contribution in [3.05, 3.63) is 58.1 Å². The van der Waals surface area contributed by atoms with E-state index in [4.69, 9.17) is 4.74 Å². The molecule has 0 radical (unpaired) electrons. The zero-order valence-corrected chi connectivity index (χ0v) is 20.2. The second-order valence-corrected chi connectivity index (χ2v) is 8.59. The van der Waals surface area contributed by atoms with Crippen LogP contribution < -0.4 is 15.4 Å². The van der Waals surface area contributed by atoms with Gasteiger partial charge in [0.1, 0.15) is 22.5 Å². The largest absolute Gasteiger partial charge is 0.487 e. The number of nitro groups is 1. The maximum Gasteiger partial charge on any atom is 0.423 e. The summed E-state index contributed by atoms with van der Waals surface area (Å²) in [4.78, 5) is 33.8. The van der Waals surface area contributed by atoms with E-state index in [0.717, 1.165) is 6.07 Å². The zero-order valence-electron chi connectivity index (χ0n) is 20.2. The Kier molecular flexibility index (Phi) is 8.68. The van der Waals surface area contributed by atoms with Crippen LogP contribution in [0.15, 0.2) is 42.5 Å². The Labute approximate surface area is 205 Å². The highest BCUT2D eigenvalue weighted by Crippen LogP contribution is 2.38. The monoisotopic (exact) mass is 511 g/mol. The van der Waals surface area contributed by atoms with E-state index >= 15 is 0 Å². The van der Waals surface area contributed by atoms with E-state index in [1.54, 1.807) is 38.1 Å². The minimum absolute atomic E-state index is 0.203. The molecular formula is C24H28F3N3O6. The number of carbonyl (C=O) groups is 2. The SMILES string of the molecule is CCC(CC)(CC(C)(O)C(=O)Nc1ccc([N+](=O)[O-])c(C(F)(F)F)c1)Oc1ccc(NC(C)=O)cc1. The Hall–Kier alpha value is -3.67. The number of aliphatic hydroxyl groups is 1. The smallest absolute Gasteiger partial charge is 0.423 e. The molecule has 0 spiro atoms. The van der Waals surface area contributed by atoms with Crippen molar-refractivity contribution in [2.24, 2.45) is 0 Å². The number of ether oxygens (including phenoxy) is 1. The lowest BCUT2D eigenvalue weighted by molar-refractivity contribution is -0.388. The second-order valence-electron chi connectivity index (χ2n) is 8.59. The predicted molar refractivity (Wildman–Crippen MR) is 127 cm³/mol. The molecule has 2 amide bonds. The number of rotatable bonds is 10. The minimum Gasteiger partial charge on any atom is -0.487 e. The number of nitrogens with one attached hydrogen (secondary N) is 2. The van der Waals surface area contributed by atoms with E-state index in [-0.39, 0.29) is 18.0 Å². The van der Waals surface area contributed by atoms with E-state index in [9.17, 15) is 38.0 Å². The Morgan fingerprint density at radius 1 is 1.03 bits per heavy atom. The lowest BCUT2D eigenvalue weighted by atomic mass is 9.83. The number of halogens is 3. The molecule has 36 heavy (non-hydrogen) atoms. The molecule has 0 aromatic heterocycles. The number of nitrogens with zero attached hydrogens (tertiary/aromatic N) is 1. The summed E-state index contributed by atoms with van der Waals surface area (Å²) in [5, 5.41) is 26.8. The van der Waals surface area contributed by atoms with Gasteiger partial charge in [0.15, 0.2) is 0 Å². The Morgan fingerprint density at radius 2 is 1.58 bits per heavy atom. The molecule has 0 aliphatic rings. The van der Waals surface area contributed by atoms with Gasteiger partial charge in [-0.2, -0.15) is 13.2 Å². The molecule has 0 aliphatic heterocycles. The highest BCUT2D eigenvalue weighted by molar-refractivity contribution is 5.97. The van der Waals surface area contributed by atoms with Gasteiger partial charge in [0.25, 0.3) is 11.6 Å². The summed E-state index contributed by atoms with van der Waals surface area (Å²) in [5.41, 5.74) is -5.55. The molecule has 12 heteroatoms. The van der Waals surface area contributed by atoms with Crippen LogP contribution in [0, 0.1) is 10.1 Å². The van der Waals surface area contributed by atoms with Crippen molar-refractivity contribution in [2.45, 2.75) is 64.3 Å². The van der Waals surface area contributed by atoms with Crippen molar-refractivity contribution in [1.82, 2.24) is 0 Å². The lowest BCUT2D eigenvalue weighted by Crippen LogP contribution is -2.49. The number of hydrogen-bond acceptors (Lipinski definition) is 6. The number of nitro benzene ring substituents is 1. The van der Waals surface area contributed by atoms with E-state index in [1.807, 2.05) is 0 Å². The summed E-state index contributed by atoms with van der Waals surface area (Å²) in [5.74, 6) is -0.813. The van der Waals surface area contributed by atoms with Crippen LogP contribution in [0.4, 0.5) is 30.2 Å². The van der Waals surface area contributed by atoms with Crippen molar-refractivity contribution >= 4 is 28.9 Å². The summed E-state index contributed by atoms with van der Waals surface area (Å²) in [6, 6.07) is 8.55. The van der Waals surface area contributed by atoms with Gasteiger partial charge in [-0.1, -0.05) is 13.8 Å². The van der Waals surface area contributed by atoms with Crippen LogP contribution in [0.2, 0.25) is 0 Å². The fourth-order valence-corrected chi connectivity index (χ4v) is 3.71. The van der Waals surface area contributed by atoms with Crippen molar-refractivity contribution in [2.75, 3.05) is 10.6 Å². The molecule has 2 aromatic carbocycles. The predicted octanol–water partition coefficient (Wildman–Crippen LogP) is 5.29. The number of amides is 2. The third kappa shape index (κ3) is 7.17. The fraction of sp³-hybridized carbons (Fsp3) is 0.417. The molecular weight excluding hydrogens is 483 g/mol. The van der Waals surface area contributed by atoms with Gasteiger partial charge in [0, 0.05) is 30.8 Å². The summed E-state index contributed by atoms with van der Waals surface area (Å²) in [6.07, 6.45) is -4.45. The summed E-state index contributed by atoms with van der Waals surface area (Å²) in [6.45, 7) is 6.18. The fourth-order valence-electron chi connectivity index (χ4n) is 3.71. The van der Waals surface area contributed by atoms with Crippen molar-refractivity contribution in [1.29, 1.82) is 0 Å². The highest BCUT2D eigenvalue weighted by atomic mass is 19.4. The first kappa shape index (κ1) is 28.6. The molecule has 1 atom stereocenters.